The maximum Gasteiger partial charge on any atom is 0.0974 e. The van der Waals surface area contributed by atoms with E-state index >= 15 is 0 Å². The molecule has 1 atom stereocenters. The van der Waals surface area contributed by atoms with Gasteiger partial charge in [0.2, 0.25) is 0 Å². The van der Waals surface area contributed by atoms with Crippen LogP contribution in [0.2, 0.25) is 0 Å². The Labute approximate surface area is 101 Å². The number of aromatic nitrogens is 1. The summed E-state index contributed by atoms with van der Waals surface area (Å²) in [6, 6.07) is 0. The van der Waals surface area contributed by atoms with Crippen molar-refractivity contribution in [3.8, 4) is 0 Å². The van der Waals surface area contributed by atoms with Gasteiger partial charge in [-0.3, -0.25) is 0 Å². The Morgan fingerprint density at radius 1 is 1.44 bits per heavy atom. The zero-order chi connectivity index (χ0) is 11.2. The number of rotatable bonds is 1. The summed E-state index contributed by atoms with van der Waals surface area (Å²) in [7, 11) is 0. The molecule has 1 aliphatic carbocycles. The molecule has 16 heavy (non-hydrogen) atoms. The van der Waals surface area contributed by atoms with Gasteiger partial charge in [0.1, 0.15) is 0 Å². The van der Waals surface area contributed by atoms with Gasteiger partial charge in [0.15, 0.2) is 0 Å². The molecule has 2 aliphatic rings. The van der Waals surface area contributed by atoms with E-state index in [0.717, 1.165) is 6.54 Å². The maximum atomic E-state index is 4.95. The number of aryl methyl sites for hydroxylation is 1. The molecular weight excluding hydrogens is 216 g/mol. The first kappa shape index (κ1) is 10.7. The average Bonchev–Trinajstić information content (AvgIpc) is 2.82. The monoisotopic (exact) mass is 236 g/mol. The van der Waals surface area contributed by atoms with Crippen molar-refractivity contribution >= 4 is 11.3 Å². The standard InChI is InChI=1S/C13H20N2S/c1-13(2)6-5-10-11(13)15-12(16-10)9-4-3-7-14-8-9/h9,14H,3-8H2,1-2H3. The van der Waals surface area contributed by atoms with Crippen molar-refractivity contribution in [3.05, 3.63) is 15.6 Å². The van der Waals surface area contributed by atoms with Crippen molar-refractivity contribution in [1.82, 2.24) is 10.3 Å². The SMILES string of the molecule is CC1(C)CCc2sc(C3CCCNC3)nc21. The maximum absolute atomic E-state index is 4.95. The Morgan fingerprint density at radius 3 is 3.00 bits per heavy atom. The second-order valence-corrected chi connectivity index (χ2v) is 6.87. The molecule has 88 valence electrons. The van der Waals surface area contributed by atoms with Crippen molar-refractivity contribution in [3.63, 3.8) is 0 Å². The quantitative estimate of drug-likeness (QED) is 0.811. The summed E-state index contributed by atoms with van der Waals surface area (Å²) in [5.41, 5.74) is 1.73. The highest BCUT2D eigenvalue weighted by atomic mass is 32.1. The Kier molecular flexibility index (Phi) is 2.55. The van der Waals surface area contributed by atoms with Crippen LogP contribution in [0.4, 0.5) is 0 Å². The normalized spacial score (nSPS) is 28.0. The minimum atomic E-state index is 0.326. The van der Waals surface area contributed by atoms with Crippen molar-refractivity contribution < 1.29 is 0 Å². The number of hydrogen-bond acceptors (Lipinski definition) is 3. The van der Waals surface area contributed by atoms with Crippen LogP contribution < -0.4 is 5.32 Å². The molecule has 2 heterocycles. The Morgan fingerprint density at radius 2 is 2.31 bits per heavy atom. The van der Waals surface area contributed by atoms with Crippen LogP contribution in [0.1, 0.15) is 54.6 Å². The Bertz CT molecular complexity index is 389. The van der Waals surface area contributed by atoms with E-state index < -0.39 is 0 Å². The number of hydrogen-bond donors (Lipinski definition) is 1. The molecule has 0 saturated carbocycles. The van der Waals surface area contributed by atoms with Crippen molar-refractivity contribution in [1.29, 1.82) is 0 Å². The van der Waals surface area contributed by atoms with Crippen LogP contribution in [0.15, 0.2) is 0 Å². The van der Waals surface area contributed by atoms with E-state index in [1.807, 2.05) is 11.3 Å². The van der Waals surface area contributed by atoms with E-state index in [2.05, 4.69) is 19.2 Å². The first-order chi connectivity index (χ1) is 7.67. The molecule has 1 aromatic rings. The molecule has 0 spiro atoms. The summed E-state index contributed by atoms with van der Waals surface area (Å²) in [4.78, 5) is 6.51. The predicted octanol–water partition coefficient (Wildman–Crippen LogP) is 2.83. The lowest BCUT2D eigenvalue weighted by Crippen LogP contribution is -2.28. The van der Waals surface area contributed by atoms with Crippen LogP contribution in [-0.2, 0) is 11.8 Å². The summed E-state index contributed by atoms with van der Waals surface area (Å²) in [6.45, 7) is 6.99. The number of thiazole rings is 1. The lowest BCUT2D eigenvalue weighted by atomic mass is 9.91. The molecule has 0 bridgehead atoms. The van der Waals surface area contributed by atoms with Gasteiger partial charge in [0, 0.05) is 22.8 Å². The minimum Gasteiger partial charge on any atom is -0.316 e. The van der Waals surface area contributed by atoms with E-state index in [1.165, 1.54) is 42.9 Å². The first-order valence-corrected chi connectivity index (χ1v) is 7.19. The molecular formula is C13H20N2S. The highest BCUT2D eigenvalue weighted by Crippen LogP contribution is 2.42. The van der Waals surface area contributed by atoms with Gasteiger partial charge in [0.25, 0.3) is 0 Å². The predicted molar refractivity (Wildman–Crippen MR) is 68.3 cm³/mol. The van der Waals surface area contributed by atoms with Gasteiger partial charge < -0.3 is 5.32 Å². The highest BCUT2D eigenvalue weighted by molar-refractivity contribution is 7.11. The van der Waals surface area contributed by atoms with Gasteiger partial charge >= 0.3 is 0 Å². The van der Waals surface area contributed by atoms with Crippen molar-refractivity contribution in [2.24, 2.45) is 0 Å². The molecule has 1 N–H and O–H groups in total. The van der Waals surface area contributed by atoms with Gasteiger partial charge in [-0.05, 0) is 32.2 Å². The van der Waals surface area contributed by atoms with Crippen LogP contribution in [0, 0.1) is 0 Å². The fraction of sp³-hybridized carbons (Fsp3) is 0.769. The third-order valence-electron chi connectivity index (χ3n) is 3.98. The van der Waals surface area contributed by atoms with E-state index in [1.54, 1.807) is 4.88 Å². The second-order valence-electron chi connectivity index (χ2n) is 5.75. The Balaban J connectivity index is 1.88. The van der Waals surface area contributed by atoms with Crippen LogP contribution >= 0.6 is 11.3 Å². The van der Waals surface area contributed by atoms with E-state index in [4.69, 9.17) is 4.98 Å². The van der Waals surface area contributed by atoms with Crippen molar-refractivity contribution in [2.75, 3.05) is 13.1 Å². The highest BCUT2D eigenvalue weighted by Gasteiger charge is 2.34. The fourth-order valence-corrected chi connectivity index (χ4v) is 4.23. The number of fused-ring (bicyclic) bond motifs is 1. The Hall–Kier alpha value is -0.410. The molecule has 3 rings (SSSR count). The van der Waals surface area contributed by atoms with Gasteiger partial charge in [0.05, 0.1) is 10.7 Å². The summed E-state index contributed by atoms with van der Waals surface area (Å²) in [5.74, 6) is 0.681. The topological polar surface area (TPSA) is 24.9 Å². The summed E-state index contributed by atoms with van der Waals surface area (Å²) < 4.78 is 0. The molecule has 1 saturated heterocycles. The number of nitrogens with one attached hydrogen (secondary N) is 1. The van der Waals surface area contributed by atoms with Crippen LogP contribution in [0.5, 0.6) is 0 Å². The van der Waals surface area contributed by atoms with Crippen LogP contribution in [0.3, 0.4) is 0 Å². The molecule has 0 amide bonds. The van der Waals surface area contributed by atoms with Gasteiger partial charge in [-0.25, -0.2) is 4.98 Å². The minimum absolute atomic E-state index is 0.326. The smallest absolute Gasteiger partial charge is 0.0974 e. The second kappa shape index (κ2) is 3.81. The third kappa shape index (κ3) is 1.70. The molecule has 2 nitrogen and oxygen atoms in total. The average molecular weight is 236 g/mol. The lowest BCUT2D eigenvalue weighted by molar-refractivity contribution is 0.455. The molecule has 1 aliphatic heterocycles. The first-order valence-electron chi connectivity index (χ1n) is 6.37. The summed E-state index contributed by atoms with van der Waals surface area (Å²) in [6.07, 6.45) is 5.16. The largest absolute Gasteiger partial charge is 0.316 e. The van der Waals surface area contributed by atoms with Gasteiger partial charge in [-0.1, -0.05) is 13.8 Å². The van der Waals surface area contributed by atoms with E-state index in [9.17, 15) is 0 Å². The van der Waals surface area contributed by atoms with Crippen molar-refractivity contribution in [2.45, 2.75) is 50.9 Å². The van der Waals surface area contributed by atoms with Crippen LogP contribution in [-0.4, -0.2) is 18.1 Å². The molecule has 0 radical (unpaired) electrons. The molecule has 0 aromatic carbocycles. The zero-order valence-corrected chi connectivity index (χ0v) is 11.0. The van der Waals surface area contributed by atoms with Crippen LogP contribution in [0.25, 0.3) is 0 Å². The summed E-state index contributed by atoms with van der Waals surface area (Å²) >= 11 is 1.98. The molecule has 1 fully saturated rings. The number of piperidine rings is 1. The van der Waals surface area contributed by atoms with Gasteiger partial charge in [-0.2, -0.15) is 0 Å². The van der Waals surface area contributed by atoms with E-state index in [-0.39, 0.29) is 0 Å². The van der Waals surface area contributed by atoms with Gasteiger partial charge in [-0.15, -0.1) is 11.3 Å². The fourth-order valence-electron chi connectivity index (χ4n) is 2.85. The lowest BCUT2D eigenvalue weighted by Gasteiger charge is -2.21. The number of nitrogens with zero attached hydrogens (tertiary/aromatic N) is 1. The molecule has 1 aromatic heterocycles. The third-order valence-corrected chi connectivity index (χ3v) is 5.26. The summed E-state index contributed by atoms with van der Waals surface area (Å²) in [5, 5.41) is 4.88. The zero-order valence-electron chi connectivity index (χ0n) is 10.2. The molecule has 1 unspecified atom stereocenters. The molecule has 3 heteroatoms. The van der Waals surface area contributed by atoms with E-state index in [0.29, 0.717) is 11.3 Å².